The Kier molecular flexibility index (Phi) is 5.60. The number of nitrogens with one attached hydrogen (secondary N) is 2. The molecule has 0 saturated carbocycles. The first kappa shape index (κ1) is 19.2. The highest BCUT2D eigenvalue weighted by Gasteiger charge is 2.28. The standard InChI is InChI=1S/C23H24FN3O2/c24-19-9-7-16(8-10-19)23(29)27-13-3-4-18(15-27)22(28)25-12-11-17-14-26-21-6-2-1-5-20(17)21/h1-2,5-10,14,18,26H,3-4,11-13,15H2,(H,25,28)/t18-/m0/s1. The lowest BCUT2D eigenvalue weighted by Gasteiger charge is -2.32. The first-order valence-electron chi connectivity index (χ1n) is 9.99. The van der Waals surface area contributed by atoms with E-state index in [1.54, 1.807) is 4.90 Å². The number of fused-ring (bicyclic) bond motifs is 1. The molecule has 0 unspecified atom stereocenters. The van der Waals surface area contributed by atoms with Crippen LogP contribution in [0.4, 0.5) is 4.39 Å². The van der Waals surface area contributed by atoms with Gasteiger partial charge in [0.15, 0.2) is 0 Å². The molecule has 3 aromatic rings. The fraction of sp³-hybridized carbons (Fsp3) is 0.304. The van der Waals surface area contributed by atoms with Gasteiger partial charge in [0, 0.05) is 42.3 Å². The summed E-state index contributed by atoms with van der Waals surface area (Å²) in [5.74, 6) is -0.744. The smallest absolute Gasteiger partial charge is 0.253 e. The molecule has 0 spiro atoms. The molecule has 29 heavy (non-hydrogen) atoms. The predicted molar refractivity (Wildman–Crippen MR) is 110 cm³/mol. The second-order valence-corrected chi connectivity index (χ2v) is 7.50. The fourth-order valence-corrected chi connectivity index (χ4v) is 3.95. The molecule has 1 saturated heterocycles. The number of nitrogens with zero attached hydrogens (tertiary/aromatic N) is 1. The van der Waals surface area contributed by atoms with Gasteiger partial charge in [0.05, 0.1) is 5.92 Å². The number of hydrogen-bond donors (Lipinski definition) is 2. The fourth-order valence-electron chi connectivity index (χ4n) is 3.95. The van der Waals surface area contributed by atoms with Gasteiger partial charge in [-0.1, -0.05) is 18.2 Å². The molecule has 150 valence electrons. The number of amides is 2. The van der Waals surface area contributed by atoms with Crippen LogP contribution in [0.15, 0.2) is 54.7 Å². The summed E-state index contributed by atoms with van der Waals surface area (Å²) in [5.41, 5.74) is 2.72. The summed E-state index contributed by atoms with van der Waals surface area (Å²) >= 11 is 0. The molecule has 1 fully saturated rings. The van der Waals surface area contributed by atoms with Crippen molar-refractivity contribution in [2.75, 3.05) is 19.6 Å². The van der Waals surface area contributed by atoms with Crippen LogP contribution < -0.4 is 5.32 Å². The van der Waals surface area contributed by atoms with Crippen molar-refractivity contribution in [1.29, 1.82) is 0 Å². The molecule has 5 nitrogen and oxygen atoms in total. The van der Waals surface area contributed by atoms with Crippen molar-refractivity contribution >= 4 is 22.7 Å². The van der Waals surface area contributed by atoms with Gasteiger partial charge in [0.1, 0.15) is 5.82 Å². The van der Waals surface area contributed by atoms with Crippen LogP contribution in [-0.2, 0) is 11.2 Å². The van der Waals surface area contributed by atoms with Gasteiger partial charge in [-0.15, -0.1) is 0 Å². The number of aromatic nitrogens is 1. The van der Waals surface area contributed by atoms with Crippen molar-refractivity contribution in [3.8, 4) is 0 Å². The van der Waals surface area contributed by atoms with Crippen molar-refractivity contribution < 1.29 is 14.0 Å². The van der Waals surface area contributed by atoms with Gasteiger partial charge in [-0.25, -0.2) is 4.39 Å². The number of benzene rings is 2. The van der Waals surface area contributed by atoms with E-state index in [0.717, 1.165) is 24.8 Å². The minimum absolute atomic E-state index is 0.0125. The van der Waals surface area contributed by atoms with Crippen molar-refractivity contribution in [1.82, 2.24) is 15.2 Å². The molecular weight excluding hydrogens is 369 g/mol. The highest BCUT2D eigenvalue weighted by atomic mass is 19.1. The maximum absolute atomic E-state index is 13.1. The van der Waals surface area contributed by atoms with E-state index >= 15 is 0 Å². The van der Waals surface area contributed by atoms with Crippen LogP contribution in [0.1, 0.15) is 28.8 Å². The van der Waals surface area contributed by atoms with E-state index in [2.05, 4.69) is 16.4 Å². The number of H-pyrrole nitrogens is 1. The molecule has 0 radical (unpaired) electrons. The summed E-state index contributed by atoms with van der Waals surface area (Å²) in [7, 11) is 0. The van der Waals surface area contributed by atoms with Crippen LogP contribution in [0.2, 0.25) is 0 Å². The molecule has 1 aliphatic heterocycles. The summed E-state index contributed by atoms with van der Waals surface area (Å²) < 4.78 is 13.1. The number of likely N-dealkylation sites (tertiary alicyclic amines) is 1. The molecule has 6 heteroatoms. The molecule has 2 amide bonds. The van der Waals surface area contributed by atoms with Crippen molar-refractivity contribution in [3.05, 3.63) is 71.7 Å². The zero-order chi connectivity index (χ0) is 20.2. The average Bonchev–Trinajstić information content (AvgIpc) is 3.17. The molecule has 4 rings (SSSR count). The minimum atomic E-state index is -0.368. The number of rotatable bonds is 5. The van der Waals surface area contributed by atoms with E-state index in [9.17, 15) is 14.0 Å². The summed E-state index contributed by atoms with van der Waals surface area (Å²) in [6, 6.07) is 13.7. The third kappa shape index (κ3) is 4.31. The van der Waals surface area contributed by atoms with Crippen LogP contribution in [0.25, 0.3) is 10.9 Å². The number of para-hydroxylation sites is 1. The number of hydrogen-bond acceptors (Lipinski definition) is 2. The lowest BCUT2D eigenvalue weighted by molar-refractivity contribution is -0.126. The molecule has 0 bridgehead atoms. The third-order valence-electron chi connectivity index (χ3n) is 5.54. The van der Waals surface area contributed by atoms with Gasteiger partial charge in [-0.3, -0.25) is 9.59 Å². The summed E-state index contributed by atoms with van der Waals surface area (Å²) in [6.45, 7) is 1.58. The van der Waals surface area contributed by atoms with Crippen LogP contribution in [0.5, 0.6) is 0 Å². The van der Waals surface area contributed by atoms with E-state index < -0.39 is 0 Å². The third-order valence-corrected chi connectivity index (χ3v) is 5.54. The minimum Gasteiger partial charge on any atom is -0.361 e. The Morgan fingerprint density at radius 3 is 2.76 bits per heavy atom. The monoisotopic (exact) mass is 393 g/mol. The number of piperidine rings is 1. The molecule has 0 aliphatic carbocycles. The lowest BCUT2D eigenvalue weighted by Crippen LogP contribution is -2.45. The van der Waals surface area contributed by atoms with E-state index in [1.165, 1.54) is 35.2 Å². The molecule has 1 atom stereocenters. The maximum Gasteiger partial charge on any atom is 0.253 e. The molecule has 1 aromatic heterocycles. The van der Waals surface area contributed by atoms with E-state index in [1.807, 2.05) is 24.4 Å². The van der Waals surface area contributed by atoms with Gasteiger partial charge in [-0.2, -0.15) is 0 Å². The molecule has 2 aromatic carbocycles. The number of carbonyl (C=O) groups is 2. The van der Waals surface area contributed by atoms with Crippen LogP contribution in [-0.4, -0.2) is 41.3 Å². The predicted octanol–water partition coefficient (Wildman–Crippen LogP) is 3.52. The van der Waals surface area contributed by atoms with Crippen molar-refractivity contribution in [2.45, 2.75) is 19.3 Å². The Balaban J connectivity index is 1.31. The van der Waals surface area contributed by atoms with Gasteiger partial charge < -0.3 is 15.2 Å². The van der Waals surface area contributed by atoms with Gasteiger partial charge >= 0.3 is 0 Å². The second-order valence-electron chi connectivity index (χ2n) is 7.50. The van der Waals surface area contributed by atoms with Crippen molar-refractivity contribution in [3.63, 3.8) is 0 Å². The Morgan fingerprint density at radius 2 is 1.93 bits per heavy atom. The SMILES string of the molecule is O=C(NCCc1c[nH]c2ccccc12)[C@H]1CCCN(C(=O)c2ccc(F)cc2)C1. The van der Waals surface area contributed by atoms with Crippen molar-refractivity contribution in [2.24, 2.45) is 5.92 Å². The zero-order valence-electron chi connectivity index (χ0n) is 16.2. The quantitative estimate of drug-likeness (QED) is 0.697. The normalized spacial score (nSPS) is 16.7. The highest BCUT2D eigenvalue weighted by molar-refractivity contribution is 5.94. The van der Waals surface area contributed by atoms with Crippen LogP contribution in [0.3, 0.4) is 0 Å². The van der Waals surface area contributed by atoms with E-state index in [4.69, 9.17) is 0 Å². The summed E-state index contributed by atoms with van der Waals surface area (Å²) in [6.07, 6.45) is 4.29. The highest BCUT2D eigenvalue weighted by Crippen LogP contribution is 2.20. The molecule has 1 aliphatic rings. The summed E-state index contributed by atoms with van der Waals surface area (Å²) in [4.78, 5) is 30.2. The lowest BCUT2D eigenvalue weighted by atomic mass is 9.96. The Hall–Kier alpha value is -3.15. The van der Waals surface area contributed by atoms with Gasteiger partial charge in [-0.05, 0) is 55.2 Å². The average molecular weight is 393 g/mol. The Labute approximate surface area is 168 Å². The Morgan fingerprint density at radius 1 is 1.14 bits per heavy atom. The molecule has 2 N–H and O–H groups in total. The largest absolute Gasteiger partial charge is 0.361 e. The van der Waals surface area contributed by atoms with Gasteiger partial charge in [0.25, 0.3) is 5.91 Å². The van der Waals surface area contributed by atoms with E-state index in [-0.39, 0.29) is 23.5 Å². The first-order valence-corrected chi connectivity index (χ1v) is 9.99. The summed E-state index contributed by atoms with van der Waals surface area (Å²) in [5, 5.41) is 4.20. The van der Waals surface area contributed by atoms with Crippen LogP contribution in [0, 0.1) is 11.7 Å². The number of carbonyl (C=O) groups excluding carboxylic acids is 2. The zero-order valence-corrected chi connectivity index (χ0v) is 16.2. The topological polar surface area (TPSA) is 65.2 Å². The Bertz CT molecular complexity index is 1010. The van der Waals surface area contributed by atoms with Crippen LogP contribution >= 0.6 is 0 Å². The number of aromatic amines is 1. The number of halogens is 1. The van der Waals surface area contributed by atoms with Gasteiger partial charge in [0.2, 0.25) is 5.91 Å². The maximum atomic E-state index is 13.1. The van der Waals surface area contributed by atoms with E-state index in [0.29, 0.717) is 25.2 Å². The second kappa shape index (κ2) is 8.47. The molecule has 2 heterocycles. The molecular formula is C23H24FN3O2. The first-order chi connectivity index (χ1) is 14.1.